The fraction of sp³-hybridized carbons (Fsp3) is 0.429. The van der Waals surface area contributed by atoms with Crippen LogP contribution in [0.25, 0.3) is 0 Å². The molecule has 0 radical (unpaired) electrons. The lowest BCUT2D eigenvalue weighted by molar-refractivity contribution is 0.558. The van der Waals surface area contributed by atoms with Crippen molar-refractivity contribution in [2.75, 3.05) is 6.54 Å². The van der Waals surface area contributed by atoms with E-state index in [9.17, 15) is 0 Å². The average Bonchev–Trinajstić information content (AvgIpc) is 2.80. The molecular formula is C14H17N. The van der Waals surface area contributed by atoms with Crippen molar-refractivity contribution in [3.05, 3.63) is 35.4 Å². The Balaban J connectivity index is 2.23. The van der Waals surface area contributed by atoms with Crippen molar-refractivity contribution in [1.82, 2.24) is 0 Å². The van der Waals surface area contributed by atoms with E-state index in [4.69, 9.17) is 12.2 Å². The van der Waals surface area contributed by atoms with E-state index >= 15 is 0 Å². The molecule has 0 spiro atoms. The molecule has 0 bridgehead atoms. The van der Waals surface area contributed by atoms with Crippen LogP contribution in [-0.4, -0.2) is 6.54 Å². The molecule has 0 heterocycles. The van der Waals surface area contributed by atoms with Crippen LogP contribution in [0, 0.1) is 23.7 Å². The first-order valence-electron chi connectivity index (χ1n) is 5.38. The van der Waals surface area contributed by atoms with Crippen LogP contribution >= 0.6 is 0 Å². The molecule has 1 aromatic rings. The van der Waals surface area contributed by atoms with E-state index in [1.807, 2.05) is 12.1 Å². The van der Waals surface area contributed by atoms with Crippen molar-refractivity contribution in [2.24, 2.45) is 17.1 Å². The lowest BCUT2D eigenvalue weighted by Gasteiger charge is -2.02. The minimum absolute atomic E-state index is 0.354. The molecule has 1 fully saturated rings. The van der Waals surface area contributed by atoms with Crippen LogP contribution in [0.15, 0.2) is 24.3 Å². The Labute approximate surface area is 91.7 Å². The predicted molar refractivity (Wildman–Crippen MR) is 63.4 cm³/mol. The zero-order chi connectivity index (χ0) is 11.1. The summed E-state index contributed by atoms with van der Waals surface area (Å²) in [7, 11) is 0. The molecule has 0 saturated heterocycles. The Hall–Kier alpha value is -1.26. The number of hydrogen-bond donors (Lipinski definition) is 1. The highest BCUT2D eigenvalue weighted by atomic mass is 14.7. The standard InChI is InChI=1S/C14H17N/c1-4-10-5-7-11(8-6-10)13-12(9-15)14(13,2)3/h1,5-8,12-13H,9,15H2,2-3H3. The average molecular weight is 199 g/mol. The number of benzene rings is 1. The van der Waals surface area contributed by atoms with Crippen molar-refractivity contribution >= 4 is 0 Å². The first-order chi connectivity index (χ1) is 7.11. The van der Waals surface area contributed by atoms with Gasteiger partial charge in [-0.15, -0.1) is 6.42 Å². The van der Waals surface area contributed by atoms with Gasteiger partial charge in [0.05, 0.1) is 0 Å². The molecule has 0 aromatic heterocycles. The summed E-state index contributed by atoms with van der Waals surface area (Å²) in [6.45, 7) is 5.34. The summed E-state index contributed by atoms with van der Waals surface area (Å²) in [6, 6.07) is 8.29. The van der Waals surface area contributed by atoms with Crippen LogP contribution in [0.1, 0.15) is 30.9 Å². The maximum Gasteiger partial charge on any atom is 0.0242 e. The lowest BCUT2D eigenvalue weighted by Crippen LogP contribution is -2.05. The van der Waals surface area contributed by atoms with Gasteiger partial charge in [-0.05, 0) is 41.5 Å². The highest BCUT2D eigenvalue weighted by molar-refractivity contribution is 5.39. The summed E-state index contributed by atoms with van der Waals surface area (Å²) >= 11 is 0. The molecule has 2 rings (SSSR count). The summed E-state index contributed by atoms with van der Waals surface area (Å²) in [4.78, 5) is 0. The molecule has 1 heteroatoms. The van der Waals surface area contributed by atoms with Gasteiger partial charge in [0.15, 0.2) is 0 Å². The SMILES string of the molecule is C#Cc1ccc(C2C(CN)C2(C)C)cc1. The molecule has 2 unspecified atom stereocenters. The van der Waals surface area contributed by atoms with E-state index < -0.39 is 0 Å². The molecule has 78 valence electrons. The zero-order valence-electron chi connectivity index (χ0n) is 9.33. The quantitative estimate of drug-likeness (QED) is 0.727. The number of rotatable bonds is 2. The van der Waals surface area contributed by atoms with Crippen molar-refractivity contribution in [2.45, 2.75) is 19.8 Å². The Morgan fingerprint density at radius 2 is 1.93 bits per heavy atom. The number of nitrogens with two attached hydrogens (primary N) is 1. The minimum Gasteiger partial charge on any atom is -0.330 e. The summed E-state index contributed by atoms with van der Waals surface area (Å²) in [5.41, 5.74) is 8.43. The summed E-state index contributed by atoms with van der Waals surface area (Å²) in [6.07, 6.45) is 5.33. The molecule has 1 nitrogen and oxygen atoms in total. The summed E-state index contributed by atoms with van der Waals surface area (Å²) < 4.78 is 0. The predicted octanol–water partition coefficient (Wildman–Crippen LogP) is 2.37. The third kappa shape index (κ3) is 1.56. The van der Waals surface area contributed by atoms with Gasteiger partial charge in [0, 0.05) is 5.56 Å². The molecule has 15 heavy (non-hydrogen) atoms. The molecule has 0 amide bonds. The van der Waals surface area contributed by atoms with Crippen molar-refractivity contribution < 1.29 is 0 Å². The van der Waals surface area contributed by atoms with E-state index in [-0.39, 0.29) is 0 Å². The largest absolute Gasteiger partial charge is 0.330 e. The van der Waals surface area contributed by atoms with E-state index in [0.29, 0.717) is 17.3 Å². The third-order valence-electron chi connectivity index (χ3n) is 3.74. The van der Waals surface area contributed by atoms with E-state index in [1.54, 1.807) is 0 Å². The van der Waals surface area contributed by atoms with Gasteiger partial charge >= 0.3 is 0 Å². The van der Waals surface area contributed by atoms with Crippen LogP contribution in [0.5, 0.6) is 0 Å². The molecular weight excluding hydrogens is 182 g/mol. The third-order valence-corrected chi connectivity index (χ3v) is 3.74. The molecule has 0 aliphatic heterocycles. The second-order valence-corrected chi connectivity index (χ2v) is 4.91. The smallest absolute Gasteiger partial charge is 0.0242 e. The van der Waals surface area contributed by atoms with Gasteiger partial charge in [0.1, 0.15) is 0 Å². The molecule has 1 aliphatic rings. The highest BCUT2D eigenvalue weighted by Crippen LogP contribution is 2.63. The first kappa shape index (κ1) is 10.3. The molecule has 2 N–H and O–H groups in total. The Morgan fingerprint density at radius 1 is 1.33 bits per heavy atom. The Morgan fingerprint density at radius 3 is 2.33 bits per heavy atom. The van der Waals surface area contributed by atoms with Gasteiger partial charge in [-0.3, -0.25) is 0 Å². The second kappa shape index (κ2) is 3.40. The molecule has 1 aliphatic carbocycles. The zero-order valence-corrected chi connectivity index (χ0v) is 9.33. The van der Waals surface area contributed by atoms with Crippen molar-refractivity contribution in [1.29, 1.82) is 0 Å². The van der Waals surface area contributed by atoms with Gasteiger partial charge in [-0.2, -0.15) is 0 Å². The topological polar surface area (TPSA) is 26.0 Å². The van der Waals surface area contributed by atoms with Gasteiger partial charge in [0.2, 0.25) is 0 Å². The van der Waals surface area contributed by atoms with Crippen LogP contribution in [0.3, 0.4) is 0 Å². The van der Waals surface area contributed by atoms with Crippen LogP contribution in [-0.2, 0) is 0 Å². The maximum atomic E-state index is 5.76. The van der Waals surface area contributed by atoms with Gasteiger partial charge in [0.25, 0.3) is 0 Å². The lowest BCUT2D eigenvalue weighted by atomic mass is 10.0. The Kier molecular flexibility index (Phi) is 2.32. The van der Waals surface area contributed by atoms with E-state index in [1.165, 1.54) is 5.56 Å². The molecule has 2 atom stereocenters. The van der Waals surface area contributed by atoms with Crippen LogP contribution in [0.4, 0.5) is 0 Å². The maximum absolute atomic E-state index is 5.76. The fourth-order valence-corrected chi connectivity index (χ4v) is 2.63. The van der Waals surface area contributed by atoms with Crippen LogP contribution in [0.2, 0.25) is 0 Å². The molecule has 1 aromatic carbocycles. The van der Waals surface area contributed by atoms with Crippen molar-refractivity contribution in [3.8, 4) is 12.3 Å². The number of hydrogen-bond acceptors (Lipinski definition) is 1. The summed E-state index contributed by atoms with van der Waals surface area (Å²) in [5.74, 6) is 3.86. The monoisotopic (exact) mass is 199 g/mol. The first-order valence-corrected chi connectivity index (χ1v) is 5.38. The van der Waals surface area contributed by atoms with Gasteiger partial charge in [-0.25, -0.2) is 0 Å². The normalized spacial score (nSPS) is 27.1. The number of terminal acetylenes is 1. The fourth-order valence-electron chi connectivity index (χ4n) is 2.63. The minimum atomic E-state index is 0.354. The van der Waals surface area contributed by atoms with Gasteiger partial charge in [-0.1, -0.05) is 31.9 Å². The van der Waals surface area contributed by atoms with Crippen LogP contribution < -0.4 is 5.73 Å². The van der Waals surface area contributed by atoms with Gasteiger partial charge < -0.3 is 5.73 Å². The highest BCUT2D eigenvalue weighted by Gasteiger charge is 2.56. The van der Waals surface area contributed by atoms with Crippen molar-refractivity contribution in [3.63, 3.8) is 0 Å². The van der Waals surface area contributed by atoms with E-state index in [2.05, 4.69) is 31.9 Å². The molecule has 1 saturated carbocycles. The Bertz CT molecular complexity index is 394. The summed E-state index contributed by atoms with van der Waals surface area (Å²) in [5, 5.41) is 0. The second-order valence-electron chi connectivity index (χ2n) is 4.91. The van der Waals surface area contributed by atoms with E-state index in [0.717, 1.165) is 12.1 Å².